The molecule has 0 bridgehead atoms. The number of aryl methyl sites for hydroxylation is 1. The molecular formula is C12H14F3NO4. The molecule has 0 saturated heterocycles. The summed E-state index contributed by atoms with van der Waals surface area (Å²) < 4.78 is 40.8. The van der Waals surface area contributed by atoms with Crippen molar-refractivity contribution in [3.8, 4) is 0 Å². The van der Waals surface area contributed by atoms with E-state index in [0.717, 1.165) is 6.07 Å². The first kappa shape index (κ1) is 16.1. The van der Waals surface area contributed by atoms with Gasteiger partial charge in [0.25, 0.3) is 5.91 Å². The van der Waals surface area contributed by atoms with Crippen LogP contribution in [0.1, 0.15) is 46.4 Å². The summed E-state index contributed by atoms with van der Waals surface area (Å²) in [5.74, 6) is -2.01. The number of aromatic carboxylic acids is 1. The molecule has 1 aromatic rings. The second kappa shape index (κ2) is 6.44. The van der Waals surface area contributed by atoms with Crippen molar-refractivity contribution >= 4 is 11.9 Å². The van der Waals surface area contributed by atoms with Crippen LogP contribution in [0.4, 0.5) is 13.2 Å². The van der Waals surface area contributed by atoms with Gasteiger partial charge in [0.1, 0.15) is 11.3 Å². The van der Waals surface area contributed by atoms with Crippen LogP contribution in [0.2, 0.25) is 0 Å². The second-order valence-electron chi connectivity index (χ2n) is 4.08. The zero-order chi connectivity index (χ0) is 15.3. The van der Waals surface area contributed by atoms with Gasteiger partial charge in [-0.15, -0.1) is 0 Å². The zero-order valence-electron chi connectivity index (χ0n) is 10.7. The third-order valence-corrected chi connectivity index (χ3v) is 2.51. The van der Waals surface area contributed by atoms with Gasteiger partial charge in [-0.2, -0.15) is 13.2 Å². The van der Waals surface area contributed by atoms with Crippen molar-refractivity contribution in [2.45, 2.75) is 32.4 Å². The first-order valence-corrected chi connectivity index (χ1v) is 5.95. The number of rotatable bonds is 6. The highest BCUT2D eigenvalue weighted by molar-refractivity contribution is 5.96. The van der Waals surface area contributed by atoms with Gasteiger partial charge in [0.05, 0.1) is 0 Å². The van der Waals surface area contributed by atoms with Gasteiger partial charge < -0.3 is 14.8 Å². The Morgan fingerprint density at radius 1 is 1.40 bits per heavy atom. The number of carboxylic acid groups (broad SMARTS) is 1. The van der Waals surface area contributed by atoms with Crippen molar-refractivity contribution < 1.29 is 32.3 Å². The van der Waals surface area contributed by atoms with E-state index in [1.807, 2.05) is 0 Å². The lowest BCUT2D eigenvalue weighted by molar-refractivity contribution is -0.135. The Kier molecular flexibility index (Phi) is 5.18. The Morgan fingerprint density at radius 2 is 2.05 bits per heavy atom. The largest absolute Gasteiger partial charge is 0.478 e. The maximum atomic E-state index is 11.9. The summed E-state index contributed by atoms with van der Waals surface area (Å²) in [5, 5.41) is 11.1. The Balaban J connectivity index is 2.58. The van der Waals surface area contributed by atoms with Gasteiger partial charge in [-0.3, -0.25) is 4.79 Å². The molecule has 0 unspecified atom stereocenters. The fourth-order valence-electron chi connectivity index (χ4n) is 1.56. The minimum Gasteiger partial charge on any atom is -0.478 e. The highest BCUT2D eigenvalue weighted by atomic mass is 19.4. The van der Waals surface area contributed by atoms with Crippen molar-refractivity contribution in [1.29, 1.82) is 0 Å². The van der Waals surface area contributed by atoms with Crippen molar-refractivity contribution in [3.05, 3.63) is 23.2 Å². The SMILES string of the molecule is CCc1oc(C(=O)NCCCC(F)(F)F)cc1C(=O)O. The second-order valence-corrected chi connectivity index (χ2v) is 4.08. The molecule has 0 saturated carbocycles. The Bertz CT molecular complexity index is 493. The van der Waals surface area contributed by atoms with Crippen LogP contribution in [-0.2, 0) is 6.42 Å². The predicted octanol–water partition coefficient (Wildman–Crippen LogP) is 2.61. The molecule has 0 spiro atoms. The van der Waals surface area contributed by atoms with Crippen molar-refractivity contribution in [2.24, 2.45) is 0 Å². The lowest BCUT2D eigenvalue weighted by Crippen LogP contribution is -2.25. The van der Waals surface area contributed by atoms with Crippen molar-refractivity contribution in [2.75, 3.05) is 6.54 Å². The molecule has 8 heteroatoms. The van der Waals surface area contributed by atoms with Crippen LogP contribution < -0.4 is 5.32 Å². The molecule has 0 aliphatic carbocycles. The topological polar surface area (TPSA) is 79.5 Å². The van der Waals surface area contributed by atoms with Crippen LogP contribution in [0.25, 0.3) is 0 Å². The Morgan fingerprint density at radius 3 is 2.50 bits per heavy atom. The lowest BCUT2D eigenvalue weighted by Gasteiger charge is -2.06. The maximum Gasteiger partial charge on any atom is 0.389 e. The van der Waals surface area contributed by atoms with Crippen LogP contribution in [0.15, 0.2) is 10.5 Å². The Hall–Kier alpha value is -1.99. The van der Waals surface area contributed by atoms with Crippen molar-refractivity contribution in [3.63, 3.8) is 0 Å². The molecule has 112 valence electrons. The van der Waals surface area contributed by atoms with Gasteiger partial charge >= 0.3 is 12.1 Å². The molecule has 0 atom stereocenters. The summed E-state index contributed by atoms with van der Waals surface area (Å²) >= 11 is 0. The van der Waals surface area contributed by atoms with E-state index in [1.165, 1.54) is 0 Å². The molecule has 20 heavy (non-hydrogen) atoms. The van der Waals surface area contributed by atoms with Gasteiger partial charge in [-0.25, -0.2) is 4.79 Å². The minimum absolute atomic E-state index is 0.118. The average Bonchev–Trinajstić information content (AvgIpc) is 2.77. The number of amides is 1. The van der Waals surface area contributed by atoms with E-state index in [1.54, 1.807) is 6.92 Å². The lowest BCUT2D eigenvalue weighted by atomic mass is 10.2. The quantitative estimate of drug-likeness (QED) is 0.790. The van der Waals surface area contributed by atoms with E-state index in [-0.39, 0.29) is 30.0 Å². The summed E-state index contributed by atoms with van der Waals surface area (Å²) in [4.78, 5) is 22.5. The van der Waals surface area contributed by atoms with E-state index in [4.69, 9.17) is 9.52 Å². The Labute approximate surface area is 112 Å². The number of carbonyl (C=O) groups excluding carboxylic acids is 1. The van der Waals surface area contributed by atoms with Crippen LogP contribution in [0.5, 0.6) is 0 Å². The third-order valence-electron chi connectivity index (χ3n) is 2.51. The summed E-state index contributed by atoms with van der Waals surface area (Å²) in [7, 11) is 0. The zero-order valence-corrected chi connectivity index (χ0v) is 10.7. The number of carboxylic acids is 1. The highest BCUT2D eigenvalue weighted by Crippen LogP contribution is 2.21. The van der Waals surface area contributed by atoms with E-state index in [2.05, 4.69) is 5.32 Å². The fraction of sp³-hybridized carbons (Fsp3) is 0.500. The standard InChI is InChI=1S/C12H14F3NO4/c1-2-8-7(11(18)19)6-9(20-8)10(17)16-5-3-4-12(13,14)15/h6H,2-5H2,1H3,(H,16,17)(H,18,19). The predicted molar refractivity (Wildman–Crippen MR) is 62.7 cm³/mol. The third kappa shape index (κ3) is 4.60. The monoisotopic (exact) mass is 293 g/mol. The number of furan rings is 1. The molecule has 1 amide bonds. The molecule has 0 fully saturated rings. The van der Waals surface area contributed by atoms with E-state index < -0.39 is 24.5 Å². The van der Waals surface area contributed by atoms with Crippen LogP contribution in [0, 0.1) is 0 Å². The van der Waals surface area contributed by atoms with Gasteiger partial charge in [-0.1, -0.05) is 6.92 Å². The molecule has 1 heterocycles. The summed E-state index contributed by atoms with van der Waals surface area (Å²) in [5.41, 5.74) is -0.118. The number of nitrogens with one attached hydrogen (secondary N) is 1. The molecule has 0 aromatic carbocycles. The number of alkyl halides is 3. The molecule has 5 nitrogen and oxygen atoms in total. The smallest absolute Gasteiger partial charge is 0.389 e. The number of hydrogen-bond acceptors (Lipinski definition) is 3. The molecule has 2 N–H and O–H groups in total. The molecule has 1 aromatic heterocycles. The molecule has 0 aliphatic heterocycles. The van der Waals surface area contributed by atoms with Crippen LogP contribution >= 0.6 is 0 Å². The van der Waals surface area contributed by atoms with E-state index in [0.29, 0.717) is 6.42 Å². The number of halogens is 3. The van der Waals surface area contributed by atoms with E-state index in [9.17, 15) is 22.8 Å². The first-order chi connectivity index (χ1) is 9.24. The van der Waals surface area contributed by atoms with Gasteiger partial charge in [0, 0.05) is 25.5 Å². The number of carbonyl (C=O) groups is 2. The van der Waals surface area contributed by atoms with Crippen LogP contribution in [0.3, 0.4) is 0 Å². The summed E-state index contributed by atoms with van der Waals surface area (Å²) in [6.45, 7) is 1.50. The normalized spacial score (nSPS) is 11.4. The molecular weight excluding hydrogens is 279 g/mol. The van der Waals surface area contributed by atoms with E-state index >= 15 is 0 Å². The highest BCUT2D eigenvalue weighted by Gasteiger charge is 2.26. The first-order valence-electron chi connectivity index (χ1n) is 5.95. The maximum absolute atomic E-state index is 11.9. The summed E-state index contributed by atoms with van der Waals surface area (Å²) in [6.07, 6.45) is -5.21. The number of hydrogen-bond donors (Lipinski definition) is 2. The van der Waals surface area contributed by atoms with Gasteiger partial charge in [0.15, 0.2) is 5.76 Å². The average molecular weight is 293 g/mol. The van der Waals surface area contributed by atoms with Crippen LogP contribution in [-0.4, -0.2) is 29.7 Å². The minimum atomic E-state index is -4.26. The molecule has 0 aliphatic rings. The van der Waals surface area contributed by atoms with Crippen molar-refractivity contribution in [1.82, 2.24) is 5.32 Å². The molecule has 1 rings (SSSR count). The van der Waals surface area contributed by atoms with Gasteiger partial charge in [-0.05, 0) is 6.42 Å². The summed E-state index contributed by atoms with van der Waals surface area (Å²) in [6, 6.07) is 1.07. The fourth-order valence-corrected chi connectivity index (χ4v) is 1.56. The molecule has 0 radical (unpaired) electrons. The van der Waals surface area contributed by atoms with Gasteiger partial charge in [0.2, 0.25) is 0 Å².